The van der Waals surface area contributed by atoms with Gasteiger partial charge in [0.15, 0.2) is 5.82 Å². The van der Waals surface area contributed by atoms with Crippen molar-refractivity contribution in [1.82, 2.24) is 24.7 Å². The van der Waals surface area contributed by atoms with Crippen molar-refractivity contribution in [3.8, 4) is 22.7 Å². The van der Waals surface area contributed by atoms with Gasteiger partial charge in [-0.3, -0.25) is 0 Å². The minimum absolute atomic E-state index is 0.0103. The number of carbonyl (C=O) groups excluding carboxylic acids is 1. The molecule has 0 atom stereocenters. The molecule has 42 heavy (non-hydrogen) atoms. The number of carbonyl (C=O) groups is 1. The lowest BCUT2D eigenvalue weighted by Crippen LogP contribution is -2.31. The van der Waals surface area contributed by atoms with E-state index in [9.17, 15) is 4.79 Å². The van der Waals surface area contributed by atoms with Gasteiger partial charge in [-0.2, -0.15) is 5.10 Å². The highest BCUT2D eigenvalue weighted by molar-refractivity contribution is 5.89. The number of halogens is 2. The quantitative estimate of drug-likeness (QED) is 0.237. The molecule has 1 aliphatic heterocycles. The molecule has 0 radical (unpaired) electrons. The number of H-pyrrole nitrogens is 1. The highest BCUT2D eigenvalue weighted by atomic mass is 19.1. The van der Waals surface area contributed by atoms with Gasteiger partial charge in [0, 0.05) is 42.9 Å². The number of nitrogens with one attached hydrogen (secondary N) is 2. The molecule has 10 nitrogen and oxygen atoms in total. The predicted octanol–water partition coefficient (Wildman–Crippen LogP) is 5.49. The molecule has 0 saturated carbocycles. The summed E-state index contributed by atoms with van der Waals surface area (Å²) in [6.07, 6.45) is 3.86. The summed E-state index contributed by atoms with van der Waals surface area (Å²) in [7, 11) is 0. The maximum absolute atomic E-state index is 15.9. The van der Waals surface area contributed by atoms with Crippen LogP contribution in [0.1, 0.15) is 30.7 Å². The standard InChI is InChI=1S/C30H30F2N8O2/c1-16(2)14-42-25-6-4-5-17(3)27(25)40-28(18-11-21(32)24(12-20(18)31)37-30(33)41)19-13-39(10-8-22(19)38-40)29-26-23(7-9-34-26)35-15-36-29/h4-7,9,11-12,15-16,34H,8,10,13-14H2,1-3H3,(H3,33,37,41). The van der Waals surface area contributed by atoms with Gasteiger partial charge < -0.3 is 25.7 Å². The lowest BCUT2D eigenvalue weighted by molar-refractivity contribution is 0.259. The Bertz CT molecular complexity index is 1810. The van der Waals surface area contributed by atoms with Gasteiger partial charge >= 0.3 is 6.03 Å². The van der Waals surface area contributed by atoms with Crippen LogP contribution in [-0.4, -0.2) is 43.9 Å². The van der Waals surface area contributed by atoms with E-state index in [4.69, 9.17) is 15.6 Å². The number of aromatic nitrogens is 5. The van der Waals surface area contributed by atoms with Crippen LogP contribution in [-0.2, 0) is 13.0 Å². The molecule has 4 heterocycles. The van der Waals surface area contributed by atoms with Crippen molar-refractivity contribution in [2.24, 2.45) is 11.7 Å². The van der Waals surface area contributed by atoms with Crippen LogP contribution in [0.4, 0.5) is 25.1 Å². The molecule has 3 aromatic heterocycles. The zero-order valence-corrected chi connectivity index (χ0v) is 23.4. The van der Waals surface area contributed by atoms with Crippen LogP contribution >= 0.6 is 0 Å². The first kappa shape index (κ1) is 27.2. The van der Waals surface area contributed by atoms with E-state index in [2.05, 4.69) is 39.0 Å². The summed E-state index contributed by atoms with van der Waals surface area (Å²) in [5, 5.41) is 7.10. The second-order valence-electron chi connectivity index (χ2n) is 10.7. The van der Waals surface area contributed by atoms with Crippen LogP contribution in [0.15, 0.2) is 48.9 Å². The van der Waals surface area contributed by atoms with E-state index < -0.39 is 17.7 Å². The Morgan fingerprint density at radius 3 is 2.81 bits per heavy atom. The molecule has 0 fully saturated rings. The number of para-hydroxylation sites is 1. The van der Waals surface area contributed by atoms with Gasteiger partial charge in [-0.05, 0) is 36.6 Å². The number of rotatable bonds is 7. The monoisotopic (exact) mass is 572 g/mol. The highest BCUT2D eigenvalue weighted by Gasteiger charge is 2.31. The van der Waals surface area contributed by atoms with Gasteiger partial charge in [0.1, 0.15) is 34.9 Å². The average molecular weight is 573 g/mol. The molecule has 5 aromatic rings. The number of aryl methyl sites for hydroxylation is 1. The third-order valence-corrected chi connectivity index (χ3v) is 7.21. The van der Waals surface area contributed by atoms with Crippen LogP contribution in [0, 0.1) is 24.5 Å². The highest BCUT2D eigenvalue weighted by Crippen LogP contribution is 2.40. The first-order chi connectivity index (χ1) is 20.2. The SMILES string of the molecule is Cc1cccc(OCC(C)C)c1-n1nc2c(c1-c1cc(F)c(NC(N)=O)cc1F)CN(c1ncnc3cc[nH]c13)CC2. The number of hydrogen-bond donors (Lipinski definition) is 3. The number of urea groups is 1. The zero-order chi connectivity index (χ0) is 29.5. The molecule has 0 saturated heterocycles. The number of aromatic amines is 1. The molecule has 1 aliphatic rings. The normalized spacial score (nSPS) is 13.0. The van der Waals surface area contributed by atoms with Crippen LogP contribution in [0.2, 0.25) is 0 Å². The lowest BCUT2D eigenvalue weighted by atomic mass is 9.99. The Kier molecular flexibility index (Phi) is 6.97. The largest absolute Gasteiger partial charge is 0.491 e. The van der Waals surface area contributed by atoms with Crippen molar-refractivity contribution in [1.29, 1.82) is 0 Å². The van der Waals surface area contributed by atoms with Gasteiger partial charge in [-0.25, -0.2) is 28.2 Å². The molecule has 216 valence electrons. The molecule has 12 heteroatoms. The van der Waals surface area contributed by atoms with Crippen LogP contribution < -0.4 is 20.7 Å². The number of hydrogen-bond acceptors (Lipinski definition) is 6. The van der Waals surface area contributed by atoms with Crippen LogP contribution in [0.25, 0.3) is 28.0 Å². The van der Waals surface area contributed by atoms with Gasteiger partial charge in [-0.1, -0.05) is 26.0 Å². The average Bonchev–Trinajstić information content (AvgIpc) is 3.58. The Balaban J connectivity index is 1.55. The molecule has 0 aliphatic carbocycles. The Morgan fingerprint density at radius 1 is 1.19 bits per heavy atom. The Labute approximate surface area is 240 Å². The topological polar surface area (TPSA) is 127 Å². The molecular weight excluding hydrogens is 542 g/mol. The number of anilines is 2. The summed E-state index contributed by atoms with van der Waals surface area (Å²) in [4.78, 5) is 25.5. The first-order valence-electron chi connectivity index (χ1n) is 13.6. The van der Waals surface area contributed by atoms with Gasteiger partial charge in [0.2, 0.25) is 0 Å². The van der Waals surface area contributed by atoms with E-state index in [-0.39, 0.29) is 17.2 Å². The Hall–Kier alpha value is -5.00. The fraction of sp³-hybridized carbons (Fsp3) is 0.267. The summed E-state index contributed by atoms with van der Waals surface area (Å²) < 4.78 is 39.0. The Morgan fingerprint density at radius 2 is 2.02 bits per heavy atom. The number of ether oxygens (including phenoxy) is 1. The summed E-state index contributed by atoms with van der Waals surface area (Å²) in [6.45, 7) is 7.45. The number of primary amides is 1. The number of nitrogens with zero attached hydrogens (tertiary/aromatic N) is 5. The van der Waals surface area contributed by atoms with Gasteiger partial charge in [0.05, 0.1) is 29.2 Å². The van der Waals surface area contributed by atoms with E-state index in [1.54, 1.807) is 10.9 Å². The molecule has 0 unspecified atom stereocenters. The summed E-state index contributed by atoms with van der Waals surface area (Å²) >= 11 is 0. The summed E-state index contributed by atoms with van der Waals surface area (Å²) in [6, 6.07) is 8.53. The number of fused-ring (bicyclic) bond motifs is 2. The fourth-order valence-electron chi connectivity index (χ4n) is 5.32. The fourth-order valence-corrected chi connectivity index (χ4v) is 5.32. The van der Waals surface area contributed by atoms with E-state index >= 15 is 8.78 Å². The van der Waals surface area contributed by atoms with Crippen molar-refractivity contribution in [2.45, 2.75) is 33.7 Å². The molecule has 0 spiro atoms. The third kappa shape index (κ3) is 4.89. The van der Waals surface area contributed by atoms with Crippen molar-refractivity contribution in [3.63, 3.8) is 0 Å². The molecule has 6 rings (SSSR count). The molecule has 2 amide bonds. The zero-order valence-electron chi connectivity index (χ0n) is 23.4. The number of nitrogens with two attached hydrogens (primary N) is 1. The van der Waals surface area contributed by atoms with Gasteiger partial charge in [-0.15, -0.1) is 0 Å². The summed E-state index contributed by atoms with van der Waals surface area (Å²) in [5.74, 6) is -0.0124. The minimum Gasteiger partial charge on any atom is -0.491 e. The smallest absolute Gasteiger partial charge is 0.316 e. The second-order valence-corrected chi connectivity index (χ2v) is 10.7. The van der Waals surface area contributed by atoms with E-state index in [1.807, 2.05) is 31.2 Å². The molecular formula is C30H30F2N8O2. The number of amides is 2. The van der Waals surface area contributed by atoms with Crippen molar-refractivity contribution >= 4 is 28.6 Å². The lowest BCUT2D eigenvalue weighted by Gasteiger charge is -2.28. The first-order valence-corrected chi connectivity index (χ1v) is 13.6. The van der Waals surface area contributed by atoms with Crippen molar-refractivity contribution in [2.75, 3.05) is 23.4 Å². The van der Waals surface area contributed by atoms with Gasteiger partial charge in [0.25, 0.3) is 0 Å². The van der Waals surface area contributed by atoms with Crippen LogP contribution in [0.5, 0.6) is 5.75 Å². The van der Waals surface area contributed by atoms with E-state index in [0.29, 0.717) is 49.1 Å². The number of benzene rings is 2. The molecule has 2 aromatic carbocycles. The van der Waals surface area contributed by atoms with E-state index in [0.717, 1.165) is 40.0 Å². The van der Waals surface area contributed by atoms with E-state index in [1.165, 1.54) is 6.33 Å². The third-order valence-electron chi connectivity index (χ3n) is 7.21. The maximum Gasteiger partial charge on any atom is 0.316 e. The van der Waals surface area contributed by atoms with Crippen LogP contribution in [0.3, 0.4) is 0 Å². The predicted molar refractivity (Wildman–Crippen MR) is 156 cm³/mol. The second kappa shape index (κ2) is 10.8. The maximum atomic E-state index is 15.9. The van der Waals surface area contributed by atoms with Crippen molar-refractivity contribution in [3.05, 3.63) is 77.4 Å². The molecule has 0 bridgehead atoms. The molecule has 4 N–H and O–H groups in total. The minimum atomic E-state index is -0.994. The summed E-state index contributed by atoms with van der Waals surface area (Å²) in [5.41, 5.74) is 9.74. The van der Waals surface area contributed by atoms with Crippen molar-refractivity contribution < 1.29 is 18.3 Å².